The average molecular weight is 230 g/mol. The molecule has 2 rings (SSSR count). The van der Waals surface area contributed by atoms with Crippen LogP contribution >= 0.6 is 0 Å². The van der Waals surface area contributed by atoms with Crippen LogP contribution < -0.4 is 10.5 Å². The van der Waals surface area contributed by atoms with E-state index in [4.69, 9.17) is 0 Å². The largest absolute Gasteiger partial charge is 0.273 e. The Bertz CT molecular complexity index is 466. The minimum atomic E-state index is -1.60. The Kier molecular flexibility index (Phi) is 2.72. The molecule has 0 unspecified atom stereocenters. The van der Waals surface area contributed by atoms with Crippen molar-refractivity contribution in [2.75, 3.05) is 0 Å². The fourth-order valence-electron chi connectivity index (χ4n) is 1.87. The Morgan fingerprint density at radius 1 is 1.12 bits per heavy atom. The van der Waals surface area contributed by atoms with Gasteiger partial charge in [-0.1, -0.05) is 48.6 Å². The van der Waals surface area contributed by atoms with Crippen LogP contribution in [0.3, 0.4) is 0 Å². The van der Waals surface area contributed by atoms with Gasteiger partial charge in [0, 0.05) is 12.7 Å². The van der Waals surface area contributed by atoms with Gasteiger partial charge in [-0.25, -0.2) is 0 Å². The molecule has 0 spiro atoms. The SMILES string of the molecule is Cc1cc([Si](C)(C)c2ccccc2)nn1C. The first-order chi connectivity index (χ1) is 7.51. The summed E-state index contributed by atoms with van der Waals surface area (Å²) in [5.41, 5.74) is 1.23. The van der Waals surface area contributed by atoms with Crippen LogP contribution in [-0.4, -0.2) is 17.9 Å². The highest BCUT2D eigenvalue weighted by Crippen LogP contribution is 2.04. The van der Waals surface area contributed by atoms with Gasteiger partial charge in [-0.15, -0.1) is 0 Å². The molecule has 0 saturated carbocycles. The standard InChI is InChI=1S/C13H18N2Si/c1-11-10-13(14-15(11)2)16(3,4)12-8-6-5-7-9-12/h5-10H,1-4H3. The summed E-state index contributed by atoms with van der Waals surface area (Å²) in [6, 6.07) is 12.9. The number of benzene rings is 1. The number of aryl methyl sites for hydroxylation is 2. The molecule has 1 aromatic carbocycles. The van der Waals surface area contributed by atoms with Gasteiger partial charge in [-0.05, 0) is 13.0 Å². The van der Waals surface area contributed by atoms with Crippen molar-refractivity contribution >= 4 is 18.6 Å². The van der Waals surface area contributed by atoms with Crippen molar-refractivity contribution in [3.8, 4) is 0 Å². The highest BCUT2D eigenvalue weighted by Gasteiger charge is 2.28. The third kappa shape index (κ3) is 1.83. The van der Waals surface area contributed by atoms with Crippen molar-refractivity contribution in [1.29, 1.82) is 0 Å². The number of nitrogens with zero attached hydrogens (tertiary/aromatic N) is 2. The molecule has 0 amide bonds. The van der Waals surface area contributed by atoms with E-state index < -0.39 is 8.07 Å². The third-order valence-corrected chi connectivity index (χ3v) is 6.55. The zero-order valence-corrected chi connectivity index (χ0v) is 11.4. The van der Waals surface area contributed by atoms with E-state index in [1.807, 2.05) is 11.7 Å². The van der Waals surface area contributed by atoms with Crippen LogP contribution in [0.25, 0.3) is 0 Å². The zero-order chi connectivity index (χ0) is 11.8. The number of hydrogen-bond donors (Lipinski definition) is 0. The fourth-order valence-corrected chi connectivity index (χ4v) is 4.16. The van der Waals surface area contributed by atoms with Crippen LogP contribution in [0.2, 0.25) is 13.1 Å². The summed E-state index contributed by atoms with van der Waals surface area (Å²) in [4.78, 5) is 0. The maximum absolute atomic E-state index is 4.64. The van der Waals surface area contributed by atoms with Gasteiger partial charge in [0.15, 0.2) is 0 Å². The van der Waals surface area contributed by atoms with Crippen molar-refractivity contribution in [2.24, 2.45) is 7.05 Å². The second kappa shape index (κ2) is 3.90. The van der Waals surface area contributed by atoms with Crippen molar-refractivity contribution in [1.82, 2.24) is 9.78 Å². The monoisotopic (exact) mass is 230 g/mol. The first-order valence-corrected chi connectivity index (χ1v) is 8.58. The first-order valence-electron chi connectivity index (χ1n) is 5.58. The summed E-state index contributed by atoms with van der Waals surface area (Å²) >= 11 is 0. The van der Waals surface area contributed by atoms with Crippen LogP contribution in [0.5, 0.6) is 0 Å². The van der Waals surface area contributed by atoms with Gasteiger partial charge in [0.2, 0.25) is 0 Å². The lowest BCUT2D eigenvalue weighted by atomic mass is 10.4. The minimum Gasteiger partial charge on any atom is -0.273 e. The van der Waals surface area contributed by atoms with E-state index in [0.29, 0.717) is 0 Å². The summed E-state index contributed by atoms with van der Waals surface area (Å²) in [6.45, 7) is 6.81. The molecule has 0 N–H and O–H groups in total. The van der Waals surface area contributed by atoms with E-state index in [9.17, 15) is 0 Å². The van der Waals surface area contributed by atoms with Gasteiger partial charge in [-0.2, -0.15) is 5.10 Å². The summed E-state index contributed by atoms with van der Waals surface area (Å²) in [6.07, 6.45) is 0. The van der Waals surface area contributed by atoms with Crippen LogP contribution in [0.4, 0.5) is 0 Å². The second-order valence-corrected chi connectivity index (χ2v) is 9.13. The fraction of sp³-hybridized carbons (Fsp3) is 0.308. The van der Waals surface area contributed by atoms with E-state index in [1.54, 1.807) is 0 Å². The molecule has 0 atom stereocenters. The van der Waals surface area contributed by atoms with E-state index in [2.05, 4.69) is 61.5 Å². The molecule has 0 aliphatic heterocycles. The molecule has 0 aliphatic carbocycles. The van der Waals surface area contributed by atoms with Gasteiger partial charge in [0.05, 0.1) is 5.32 Å². The third-order valence-electron chi connectivity index (χ3n) is 3.25. The molecular formula is C13H18N2Si. The summed E-state index contributed by atoms with van der Waals surface area (Å²) in [5, 5.41) is 7.34. The molecule has 3 heteroatoms. The molecule has 1 heterocycles. The number of aromatic nitrogens is 2. The van der Waals surface area contributed by atoms with Gasteiger partial charge >= 0.3 is 0 Å². The van der Waals surface area contributed by atoms with E-state index in [0.717, 1.165) is 0 Å². The van der Waals surface area contributed by atoms with Gasteiger partial charge in [0.1, 0.15) is 8.07 Å². The normalized spacial score (nSPS) is 11.8. The van der Waals surface area contributed by atoms with E-state index >= 15 is 0 Å². The van der Waals surface area contributed by atoms with E-state index in [-0.39, 0.29) is 0 Å². The quantitative estimate of drug-likeness (QED) is 0.716. The highest BCUT2D eigenvalue weighted by atomic mass is 28.3. The highest BCUT2D eigenvalue weighted by molar-refractivity contribution is 6.99. The smallest absolute Gasteiger partial charge is 0.137 e. The average Bonchev–Trinajstić information content (AvgIpc) is 2.61. The molecule has 0 fully saturated rings. The Morgan fingerprint density at radius 3 is 2.25 bits per heavy atom. The lowest BCUT2D eigenvalue weighted by molar-refractivity contribution is 0.746. The number of rotatable bonds is 2. The Morgan fingerprint density at radius 2 is 1.75 bits per heavy atom. The Labute approximate surface area is 97.9 Å². The maximum atomic E-state index is 4.64. The van der Waals surface area contributed by atoms with E-state index in [1.165, 1.54) is 16.2 Å². The molecule has 2 nitrogen and oxygen atoms in total. The molecule has 1 aromatic heterocycles. The molecular weight excluding hydrogens is 212 g/mol. The predicted octanol–water partition coefficient (Wildman–Crippen LogP) is 1.55. The Hall–Kier alpha value is -1.35. The number of hydrogen-bond acceptors (Lipinski definition) is 1. The Balaban J connectivity index is 2.46. The lowest BCUT2D eigenvalue weighted by Crippen LogP contribution is -2.53. The minimum absolute atomic E-state index is 1.23. The van der Waals surface area contributed by atoms with Crippen molar-refractivity contribution in [2.45, 2.75) is 20.0 Å². The summed E-state index contributed by atoms with van der Waals surface area (Å²) in [5.74, 6) is 0. The summed E-state index contributed by atoms with van der Waals surface area (Å²) < 4.78 is 1.97. The van der Waals surface area contributed by atoms with Crippen LogP contribution in [0, 0.1) is 6.92 Å². The van der Waals surface area contributed by atoms with Gasteiger partial charge < -0.3 is 0 Å². The summed E-state index contributed by atoms with van der Waals surface area (Å²) in [7, 11) is 0.410. The van der Waals surface area contributed by atoms with Crippen LogP contribution in [0.15, 0.2) is 36.4 Å². The maximum Gasteiger partial charge on any atom is 0.137 e. The molecule has 16 heavy (non-hydrogen) atoms. The molecule has 0 bridgehead atoms. The molecule has 84 valence electrons. The van der Waals surface area contributed by atoms with Crippen LogP contribution in [0.1, 0.15) is 5.69 Å². The topological polar surface area (TPSA) is 17.8 Å². The second-order valence-electron chi connectivity index (χ2n) is 4.79. The molecule has 2 aromatic rings. The van der Waals surface area contributed by atoms with Crippen molar-refractivity contribution in [3.63, 3.8) is 0 Å². The van der Waals surface area contributed by atoms with Gasteiger partial charge in [-0.3, -0.25) is 4.68 Å². The van der Waals surface area contributed by atoms with Crippen molar-refractivity contribution in [3.05, 3.63) is 42.1 Å². The van der Waals surface area contributed by atoms with Crippen LogP contribution in [-0.2, 0) is 7.05 Å². The first kappa shape index (κ1) is 11.1. The lowest BCUT2D eigenvalue weighted by Gasteiger charge is -2.20. The van der Waals surface area contributed by atoms with Crippen molar-refractivity contribution < 1.29 is 0 Å². The predicted molar refractivity (Wildman–Crippen MR) is 71.1 cm³/mol. The molecule has 0 saturated heterocycles. The van der Waals surface area contributed by atoms with Gasteiger partial charge in [0.25, 0.3) is 0 Å². The molecule has 0 radical (unpaired) electrons. The zero-order valence-electron chi connectivity index (χ0n) is 10.4. The molecule has 0 aliphatic rings.